The molecule has 2 rings (SSSR count). The molecule has 2 amide bonds. The Kier molecular flexibility index (Phi) is 7.44. The van der Waals surface area contributed by atoms with Gasteiger partial charge in [0.1, 0.15) is 22.8 Å². The summed E-state index contributed by atoms with van der Waals surface area (Å²) < 4.78 is 10.6. The van der Waals surface area contributed by atoms with E-state index in [-0.39, 0.29) is 24.2 Å². The summed E-state index contributed by atoms with van der Waals surface area (Å²) in [7, 11) is 0. The average Bonchev–Trinajstić information content (AvgIpc) is 2.59. The van der Waals surface area contributed by atoms with Crippen LogP contribution >= 0.6 is 0 Å². The van der Waals surface area contributed by atoms with Crippen molar-refractivity contribution < 1.29 is 23.9 Å². The number of rotatable bonds is 4. The molecule has 8 nitrogen and oxygen atoms in total. The fraction of sp³-hybridized carbons (Fsp3) is 0.636. The molecule has 1 fully saturated rings. The van der Waals surface area contributed by atoms with Crippen LogP contribution < -0.4 is 5.32 Å². The third-order valence-electron chi connectivity index (χ3n) is 4.36. The SMILES string of the molecule is CC(C)(C)OC(=O)Nc1cc(CC(=O)[C@H]2CCCN(C(=O)OC(C)(C)C)C2)ccn1. The number of nitrogens with zero attached hydrogens (tertiary/aromatic N) is 2. The topological polar surface area (TPSA) is 97.8 Å². The third kappa shape index (κ3) is 8.00. The quantitative estimate of drug-likeness (QED) is 0.786. The van der Waals surface area contributed by atoms with Crippen molar-refractivity contribution in [1.82, 2.24) is 9.88 Å². The van der Waals surface area contributed by atoms with E-state index in [1.807, 2.05) is 20.8 Å². The van der Waals surface area contributed by atoms with Crippen molar-refractivity contribution in [3.05, 3.63) is 23.9 Å². The number of carbonyl (C=O) groups excluding carboxylic acids is 3. The highest BCUT2D eigenvalue weighted by Gasteiger charge is 2.31. The molecule has 30 heavy (non-hydrogen) atoms. The number of pyridine rings is 1. The van der Waals surface area contributed by atoms with Crippen molar-refractivity contribution in [2.75, 3.05) is 18.4 Å². The maximum Gasteiger partial charge on any atom is 0.413 e. The first-order valence-electron chi connectivity index (χ1n) is 10.3. The summed E-state index contributed by atoms with van der Waals surface area (Å²) in [6.07, 6.45) is 2.28. The highest BCUT2D eigenvalue weighted by Crippen LogP contribution is 2.22. The van der Waals surface area contributed by atoms with Gasteiger partial charge in [-0.05, 0) is 72.1 Å². The summed E-state index contributed by atoms with van der Waals surface area (Å²) in [5.74, 6) is 0.146. The van der Waals surface area contributed by atoms with Gasteiger partial charge >= 0.3 is 12.2 Å². The van der Waals surface area contributed by atoms with Gasteiger partial charge in [-0.1, -0.05) is 0 Å². The summed E-state index contributed by atoms with van der Waals surface area (Å²) in [6, 6.07) is 3.41. The number of amides is 2. The van der Waals surface area contributed by atoms with Gasteiger partial charge in [0, 0.05) is 31.6 Å². The van der Waals surface area contributed by atoms with Gasteiger partial charge in [0.25, 0.3) is 0 Å². The first-order chi connectivity index (χ1) is 13.8. The molecule has 0 aliphatic carbocycles. The molecule has 0 bridgehead atoms. The fourth-order valence-electron chi connectivity index (χ4n) is 3.14. The minimum absolute atomic E-state index is 0.0534. The molecular weight excluding hydrogens is 386 g/mol. The van der Waals surface area contributed by atoms with E-state index < -0.39 is 17.3 Å². The van der Waals surface area contributed by atoms with Crippen LogP contribution in [0.5, 0.6) is 0 Å². The number of likely N-dealkylation sites (tertiary alicyclic amines) is 1. The lowest BCUT2D eigenvalue weighted by molar-refractivity contribution is -0.123. The van der Waals surface area contributed by atoms with Crippen molar-refractivity contribution in [2.45, 2.75) is 72.0 Å². The second kappa shape index (κ2) is 9.45. The van der Waals surface area contributed by atoms with Gasteiger partial charge in [-0.2, -0.15) is 0 Å². The van der Waals surface area contributed by atoms with Gasteiger partial charge in [0.15, 0.2) is 0 Å². The number of ketones is 1. The first-order valence-corrected chi connectivity index (χ1v) is 10.3. The van der Waals surface area contributed by atoms with E-state index in [0.717, 1.165) is 18.4 Å². The predicted octanol–water partition coefficient (Wildman–Crippen LogP) is 4.19. The Bertz CT molecular complexity index is 780. The summed E-state index contributed by atoms with van der Waals surface area (Å²) >= 11 is 0. The van der Waals surface area contributed by atoms with Crippen molar-refractivity contribution in [3.63, 3.8) is 0 Å². The van der Waals surface area contributed by atoms with Gasteiger partial charge in [-0.3, -0.25) is 10.1 Å². The average molecular weight is 420 g/mol. The zero-order chi connectivity index (χ0) is 22.5. The van der Waals surface area contributed by atoms with E-state index >= 15 is 0 Å². The zero-order valence-corrected chi connectivity index (χ0v) is 18.8. The summed E-state index contributed by atoms with van der Waals surface area (Å²) in [5.41, 5.74) is -0.434. The third-order valence-corrected chi connectivity index (χ3v) is 4.36. The molecule has 0 saturated carbocycles. The molecule has 166 valence electrons. The number of nitrogens with one attached hydrogen (secondary N) is 1. The Labute approximate surface area is 178 Å². The van der Waals surface area contributed by atoms with Crippen LogP contribution in [-0.4, -0.2) is 52.1 Å². The van der Waals surface area contributed by atoms with Crippen LogP contribution in [0.1, 0.15) is 59.9 Å². The molecule has 0 radical (unpaired) electrons. The minimum Gasteiger partial charge on any atom is -0.444 e. The number of piperidine rings is 1. The Balaban J connectivity index is 1.95. The molecular formula is C22H33N3O5. The Morgan fingerprint density at radius 2 is 1.80 bits per heavy atom. The van der Waals surface area contributed by atoms with Crippen LogP contribution in [0.4, 0.5) is 15.4 Å². The summed E-state index contributed by atoms with van der Waals surface area (Å²) in [4.78, 5) is 42.8. The highest BCUT2D eigenvalue weighted by molar-refractivity contribution is 5.86. The number of hydrogen-bond acceptors (Lipinski definition) is 6. The molecule has 1 saturated heterocycles. The standard InChI is InChI=1S/C22H33N3O5/c1-21(2,3)29-19(27)24-18-13-15(9-10-23-18)12-17(26)16-8-7-11-25(14-16)20(28)30-22(4,5)6/h9-10,13,16H,7-8,11-12,14H2,1-6H3,(H,23,24,27)/t16-/m0/s1. The number of carbonyl (C=O) groups is 3. The molecule has 1 aromatic heterocycles. The van der Waals surface area contributed by atoms with E-state index in [1.165, 1.54) is 0 Å². The molecule has 0 aromatic carbocycles. The lowest BCUT2D eigenvalue weighted by Crippen LogP contribution is -2.44. The van der Waals surface area contributed by atoms with E-state index in [1.54, 1.807) is 44.0 Å². The molecule has 1 N–H and O–H groups in total. The monoisotopic (exact) mass is 419 g/mol. The van der Waals surface area contributed by atoms with Crippen LogP contribution in [0.15, 0.2) is 18.3 Å². The zero-order valence-electron chi connectivity index (χ0n) is 18.8. The number of Topliss-reactive ketones (excluding diaryl/α,β-unsaturated/α-hetero) is 1. The van der Waals surface area contributed by atoms with Crippen molar-refractivity contribution in [1.29, 1.82) is 0 Å². The van der Waals surface area contributed by atoms with Gasteiger partial charge < -0.3 is 14.4 Å². The summed E-state index contributed by atoms with van der Waals surface area (Å²) in [6.45, 7) is 11.8. The largest absolute Gasteiger partial charge is 0.444 e. The van der Waals surface area contributed by atoms with Crippen LogP contribution in [0.25, 0.3) is 0 Å². The maximum absolute atomic E-state index is 12.8. The Morgan fingerprint density at radius 3 is 2.43 bits per heavy atom. The molecule has 0 spiro atoms. The summed E-state index contributed by atoms with van der Waals surface area (Å²) in [5, 5.41) is 2.58. The highest BCUT2D eigenvalue weighted by atomic mass is 16.6. The smallest absolute Gasteiger partial charge is 0.413 e. The maximum atomic E-state index is 12.8. The molecule has 0 unspecified atom stereocenters. The fourth-order valence-corrected chi connectivity index (χ4v) is 3.14. The second-order valence-corrected chi connectivity index (χ2v) is 9.58. The van der Waals surface area contributed by atoms with Gasteiger partial charge in [-0.15, -0.1) is 0 Å². The van der Waals surface area contributed by atoms with Crippen molar-refractivity contribution in [2.24, 2.45) is 5.92 Å². The minimum atomic E-state index is -0.612. The molecule has 1 aliphatic heterocycles. The number of hydrogen-bond donors (Lipinski definition) is 1. The predicted molar refractivity (Wildman–Crippen MR) is 113 cm³/mol. The van der Waals surface area contributed by atoms with Gasteiger partial charge in [0.05, 0.1) is 0 Å². The first kappa shape index (κ1) is 23.6. The molecule has 8 heteroatoms. The van der Waals surface area contributed by atoms with Crippen LogP contribution in [0.3, 0.4) is 0 Å². The Hall–Kier alpha value is -2.64. The Morgan fingerprint density at radius 1 is 1.13 bits per heavy atom. The lowest BCUT2D eigenvalue weighted by Gasteiger charge is -2.33. The second-order valence-electron chi connectivity index (χ2n) is 9.58. The van der Waals surface area contributed by atoms with E-state index in [4.69, 9.17) is 9.47 Å². The molecule has 1 atom stereocenters. The van der Waals surface area contributed by atoms with E-state index in [9.17, 15) is 14.4 Å². The van der Waals surface area contributed by atoms with Gasteiger partial charge in [0.2, 0.25) is 0 Å². The molecule has 1 aromatic rings. The van der Waals surface area contributed by atoms with Crippen LogP contribution in [0.2, 0.25) is 0 Å². The van der Waals surface area contributed by atoms with Crippen LogP contribution in [-0.2, 0) is 20.7 Å². The number of anilines is 1. The van der Waals surface area contributed by atoms with E-state index in [2.05, 4.69) is 10.3 Å². The number of aromatic nitrogens is 1. The number of ether oxygens (including phenoxy) is 2. The molecule has 2 heterocycles. The normalized spacial score (nSPS) is 17.3. The van der Waals surface area contributed by atoms with Crippen molar-refractivity contribution in [3.8, 4) is 0 Å². The van der Waals surface area contributed by atoms with Gasteiger partial charge in [-0.25, -0.2) is 14.6 Å². The molecule has 1 aliphatic rings. The van der Waals surface area contributed by atoms with E-state index in [0.29, 0.717) is 18.9 Å². The van der Waals surface area contributed by atoms with Crippen LogP contribution in [0, 0.1) is 5.92 Å². The van der Waals surface area contributed by atoms with Crippen molar-refractivity contribution >= 4 is 23.8 Å². The lowest BCUT2D eigenvalue weighted by atomic mass is 9.90.